The Morgan fingerprint density at radius 3 is 2.51 bits per heavy atom. The summed E-state index contributed by atoms with van der Waals surface area (Å²) in [5.74, 6) is -2.11. The van der Waals surface area contributed by atoms with Gasteiger partial charge >= 0.3 is 18.0 Å². The average molecular weight is 551 g/mol. The maximum Gasteiger partial charge on any atom is 0.417 e. The van der Waals surface area contributed by atoms with Crippen molar-refractivity contribution in [3.63, 3.8) is 0 Å². The summed E-state index contributed by atoms with van der Waals surface area (Å²) in [6.45, 7) is 3.82. The summed E-state index contributed by atoms with van der Waals surface area (Å²) in [5.41, 5.74) is 3.20. The van der Waals surface area contributed by atoms with Gasteiger partial charge in [-0.15, -0.1) is 0 Å². The normalized spacial score (nSPS) is 13.8. The molecule has 2 N–H and O–H groups in total. The van der Waals surface area contributed by atoms with Crippen LogP contribution in [0.2, 0.25) is 0 Å². The topological polar surface area (TPSA) is 127 Å². The van der Waals surface area contributed by atoms with E-state index in [0.717, 1.165) is 16.7 Å². The Balaban J connectivity index is 1.57. The minimum atomic E-state index is -1.26. The Labute approximate surface area is 230 Å². The van der Waals surface area contributed by atoms with Gasteiger partial charge in [-0.1, -0.05) is 30.3 Å². The third-order valence-corrected chi connectivity index (χ3v) is 6.76. The van der Waals surface area contributed by atoms with Crippen LogP contribution in [0.15, 0.2) is 59.3 Å². The summed E-state index contributed by atoms with van der Waals surface area (Å²) in [7, 11) is 0. The maximum atomic E-state index is 13.4. The molecule has 1 fully saturated rings. The van der Waals surface area contributed by atoms with Gasteiger partial charge < -0.3 is 25.0 Å². The monoisotopic (exact) mass is 550 g/mol. The van der Waals surface area contributed by atoms with Crippen molar-refractivity contribution >= 4 is 35.3 Å². The molecule has 204 valence electrons. The Morgan fingerprint density at radius 1 is 1.05 bits per heavy atom. The van der Waals surface area contributed by atoms with Gasteiger partial charge in [-0.05, 0) is 53.4 Å². The van der Waals surface area contributed by atoms with E-state index in [-0.39, 0.29) is 25.1 Å². The van der Waals surface area contributed by atoms with Gasteiger partial charge in [-0.2, -0.15) is 11.3 Å². The van der Waals surface area contributed by atoms with Crippen molar-refractivity contribution in [1.29, 1.82) is 0 Å². The van der Waals surface area contributed by atoms with Gasteiger partial charge in [0, 0.05) is 38.2 Å². The summed E-state index contributed by atoms with van der Waals surface area (Å²) < 4.78 is 10.1. The Bertz CT molecular complexity index is 1290. The zero-order valence-electron chi connectivity index (χ0n) is 21.6. The first kappa shape index (κ1) is 27.9. The average Bonchev–Trinajstić information content (AvgIpc) is 3.51. The Hall–Kier alpha value is -4.09. The summed E-state index contributed by atoms with van der Waals surface area (Å²) in [6, 6.07) is 13.6. The van der Waals surface area contributed by atoms with E-state index in [4.69, 9.17) is 9.47 Å². The number of nitrogens with one attached hydrogen (secondary N) is 2. The predicted octanol–water partition coefficient (Wildman–Crippen LogP) is 3.49. The van der Waals surface area contributed by atoms with Gasteiger partial charge in [0.25, 0.3) is 5.91 Å². The highest BCUT2D eigenvalue weighted by atomic mass is 32.1. The number of nitrogens with zero attached hydrogens (tertiary/aromatic N) is 2. The van der Waals surface area contributed by atoms with Crippen molar-refractivity contribution in [2.75, 3.05) is 32.8 Å². The number of hydrogen-bond acceptors (Lipinski definition) is 9. The number of thiophene rings is 1. The molecule has 3 heterocycles. The zero-order valence-corrected chi connectivity index (χ0v) is 22.4. The molecular weight excluding hydrogens is 520 g/mol. The number of esters is 2. The molecule has 0 spiro atoms. The van der Waals surface area contributed by atoms with Crippen LogP contribution in [0, 0.1) is 0 Å². The van der Waals surface area contributed by atoms with Crippen molar-refractivity contribution in [2.24, 2.45) is 0 Å². The van der Waals surface area contributed by atoms with Crippen LogP contribution >= 0.6 is 11.3 Å². The summed E-state index contributed by atoms with van der Waals surface area (Å²) in [5, 5.41) is 9.65. The van der Waals surface area contributed by atoms with Crippen molar-refractivity contribution in [3.05, 3.63) is 65.0 Å². The largest absolute Gasteiger partial charge is 0.466 e. The fraction of sp³-hybridized carbons (Fsp3) is 0.321. The van der Waals surface area contributed by atoms with E-state index in [1.807, 2.05) is 53.2 Å². The van der Waals surface area contributed by atoms with Crippen molar-refractivity contribution in [2.45, 2.75) is 25.8 Å². The van der Waals surface area contributed by atoms with Crippen molar-refractivity contribution < 1.29 is 28.7 Å². The fourth-order valence-corrected chi connectivity index (χ4v) is 4.71. The number of rotatable bonds is 9. The Morgan fingerprint density at radius 2 is 1.82 bits per heavy atom. The van der Waals surface area contributed by atoms with Gasteiger partial charge in [0.15, 0.2) is 0 Å². The second-order valence-corrected chi connectivity index (χ2v) is 9.58. The predicted molar refractivity (Wildman–Crippen MR) is 146 cm³/mol. The molecule has 0 saturated carbocycles. The van der Waals surface area contributed by atoms with Gasteiger partial charge in [-0.3, -0.25) is 9.59 Å². The van der Waals surface area contributed by atoms with Crippen LogP contribution in [0.1, 0.15) is 30.3 Å². The lowest BCUT2D eigenvalue weighted by Crippen LogP contribution is -2.49. The summed E-state index contributed by atoms with van der Waals surface area (Å²) in [6.07, 6.45) is -1.04. The number of amides is 2. The number of piperazine rings is 1. The quantitative estimate of drug-likeness (QED) is 0.306. The fourth-order valence-electron chi connectivity index (χ4n) is 4.04. The van der Waals surface area contributed by atoms with E-state index in [0.29, 0.717) is 31.9 Å². The van der Waals surface area contributed by atoms with Crippen LogP contribution < -0.4 is 10.6 Å². The molecule has 1 aliphatic heterocycles. The van der Waals surface area contributed by atoms with E-state index in [2.05, 4.69) is 15.6 Å². The number of benzene rings is 1. The molecule has 4 rings (SSSR count). The lowest BCUT2D eigenvalue weighted by atomic mass is 10.0. The SMILES string of the molecule is CCOC(=O)CCC(NC(=O)c1cc(-c2ccsc2)cc(-c2ccccc2)n1)C(=O)OC(=O)N1CCNCC1. The molecule has 0 aliphatic carbocycles. The summed E-state index contributed by atoms with van der Waals surface area (Å²) >= 11 is 1.53. The Kier molecular flexibility index (Phi) is 9.76. The third kappa shape index (κ3) is 7.71. The molecule has 1 saturated heterocycles. The summed E-state index contributed by atoms with van der Waals surface area (Å²) in [4.78, 5) is 56.9. The molecule has 2 aromatic heterocycles. The highest BCUT2D eigenvalue weighted by Gasteiger charge is 2.29. The molecule has 1 unspecified atom stereocenters. The highest BCUT2D eigenvalue weighted by Crippen LogP contribution is 2.27. The van der Waals surface area contributed by atoms with Gasteiger partial charge in [0.2, 0.25) is 0 Å². The molecule has 0 radical (unpaired) electrons. The van der Waals surface area contributed by atoms with Crippen LogP contribution in [0.5, 0.6) is 0 Å². The molecule has 1 aromatic carbocycles. The number of ether oxygens (including phenoxy) is 2. The number of carbonyl (C=O) groups is 4. The lowest BCUT2D eigenvalue weighted by Gasteiger charge is -2.26. The molecule has 10 nitrogen and oxygen atoms in total. The molecule has 0 bridgehead atoms. The highest BCUT2D eigenvalue weighted by molar-refractivity contribution is 7.08. The number of hydrogen-bond donors (Lipinski definition) is 2. The second kappa shape index (κ2) is 13.6. The number of aromatic nitrogens is 1. The van der Waals surface area contributed by atoms with E-state index in [1.54, 1.807) is 13.0 Å². The van der Waals surface area contributed by atoms with Crippen LogP contribution in [0.3, 0.4) is 0 Å². The van der Waals surface area contributed by atoms with E-state index in [1.165, 1.54) is 16.2 Å². The zero-order chi connectivity index (χ0) is 27.6. The van der Waals surface area contributed by atoms with E-state index < -0.39 is 30.0 Å². The van der Waals surface area contributed by atoms with Crippen LogP contribution in [-0.2, 0) is 19.1 Å². The maximum absolute atomic E-state index is 13.4. The first-order chi connectivity index (χ1) is 18.9. The second-order valence-electron chi connectivity index (χ2n) is 8.80. The van der Waals surface area contributed by atoms with Crippen molar-refractivity contribution in [3.8, 4) is 22.4 Å². The van der Waals surface area contributed by atoms with E-state index >= 15 is 0 Å². The van der Waals surface area contributed by atoms with Gasteiger partial charge in [-0.25, -0.2) is 14.6 Å². The van der Waals surface area contributed by atoms with Crippen molar-refractivity contribution in [1.82, 2.24) is 20.5 Å². The third-order valence-electron chi connectivity index (χ3n) is 6.08. The number of pyridine rings is 1. The lowest BCUT2D eigenvalue weighted by molar-refractivity contribution is -0.144. The van der Waals surface area contributed by atoms with Crippen LogP contribution in [-0.4, -0.2) is 72.7 Å². The number of carbonyl (C=O) groups excluding carboxylic acids is 4. The van der Waals surface area contributed by atoms with Crippen LogP contribution in [0.25, 0.3) is 22.4 Å². The molecular formula is C28H30N4O6S. The molecule has 1 atom stereocenters. The molecule has 39 heavy (non-hydrogen) atoms. The minimum Gasteiger partial charge on any atom is -0.466 e. The smallest absolute Gasteiger partial charge is 0.417 e. The van der Waals surface area contributed by atoms with E-state index in [9.17, 15) is 19.2 Å². The van der Waals surface area contributed by atoms with Gasteiger partial charge in [0.05, 0.1) is 12.3 Å². The molecule has 11 heteroatoms. The molecule has 1 aliphatic rings. The van der Waals surface area contributed by atoms with Crippen LogP contribution in [0.4, 0.5) is 4.79 Å². The van der Waals surface area contributed by atoms with Gasteiger partial charge in [0.1, 0.15) is 11.7 Å². The molecule has 3 aromatic rings. The first-order valence-electron chi connectivity index (χ1n) is 12.7. The first-order valence-corrected chi connectivity index (χ1v) is 13.7. The standard InChI is InChI=1S/C28H30N4O6S/c1-2-37-25(33)9-8-22(27(35)38-28(36)32-13-11-29-12-14-32)31-26(34)24-17-21(20-10-15-39-18-20)16-23(30-24)19-6-4-3-5-7-19/h3-7,10,15-18,22,29H,2,8-9,11-14H2,1H3,(H,31,34). The molecule has 2 amide bonds. The minimum absolute atomic E-state index is 0.0833.